The highest BCUT2D eigenvalue weighted by Crippen LogP contribution is 2.16. The zero-order valence-corrected chi connectivity index (χ0v) is 40.1. The Labute approximate surface area is 386 Å². The number of rotatable bonds is 42. The van der Waals surface area contributed by atoms with E-state index >= 15 is 0 Å². The fourth-order valence-electron chi connectivity index (χ4n) is 6.68. The van der Waals surface area contributed by atoms with Crippen molar-refractivity contribution in [2.75, 3.05) is 6.61 Å². The predicted molar refractivity (Wildman–Crippen MR) is 273 cm³/mol. The van der Waals surface area contributed by atoms with Crippen LogP contribution in [0.25, 0.3) is 0 Å². The van der Waals surface area contributed by atoms with Gasteiger partial charge < -0.3 is 20.3 Å². The Morgan fingerprint density at radius 2 is 0.937 bits per heavy atom. The molecule has 6 heteroatoms. The molecule has 0 saturated heterocycles. The number of unbranched alkanes of at least 4 members (excludes halogenated alkanes) is 13. The van der Waals surface area contributed by atoms with Crippen molar-refractivity contribution >= 4 is 11.9 Å². The third-order valence-electron chi connectivity index (χ3n) is 10.4. The van der Waals surface area contributed by atoms with Crippen molar-refractivity contribution in [1.29, 1.82) is 0 Å². The van der Waals surface area contributed by atoms with Crippen LogP contribution < -0.4 is 5.32 Å². The number of ether oxygens (including phenoxy) is 1. The normalized spacial score (nSPS) is 14.4. The Balaban J connectivity index is 4.87. The molecule has 0 saturated carbocycles. The first kappa shape index (κ1) is 59.0. The highest BCUT2D eigenvalue weighted by atomic mass is 16.5. The summed E-state index contributed by atoms with van der Waals surface area (Å²) in [5, 5.41) is 23.7. The van der Waals surface area contributed by atoms with Gasteiger partial charge in [-0.1, -0.05) is 231 Å². The lowest BCUT2D eigenvalue weighted by Gasteiger charge is -2.24. The van der Waals surface area contributed by atoms with Gasteiger partial charge in [0, 0.05) is 6.42 Å². The smallest absolute Gasteiger partial charge is 0.306 e. The zero-order valence-electron chi connectivity index (χ0n) is 40.1. The number of amides is 1. The lowest BCUT2D eigenvalue weighted by Crippen LogP contribution is -2.46. The molecule has 0 fully saturated rings. The number of carbonyl (C=O) groups is 2. The van der Waals surface area contributed by atoms with E-state index in [1.54, 1.807) is 0 Å². The van der Waals surface area contributed by atoms with E-state index in [0.29, 0.717) is 19.3 Å². The van der Waals surface area contributed by atoms with Crippen molar-refractivity contribution in [3.8, 4) is 0 Å². The molecule has 0 aromatic rings. The topological polar surface area (TPSA) is 95.9 Å². The van der Waals surface area contributed by atoms with Gasteiger partial charge in [0.1, 0.15) is 6.10 Å². The molecule has 0 radical (unpaired) electrons. The van der Waals surface area contributed by atoms with Crippen molar-refractivity contribution < 1.29 is 24.5 Å². The summed E-state index contributed by atoms with van der Waals surface area (Å²) in [5.41, 5.74) is 0. The number of aliphatic hydroxyl groups excluding tert-OH is 2. The van der Waals surface area contributed by atoms with E-state index in [-0.39, 0.29) is 31.3 Å². The summed E-state index contributed by atoms with van der Waals surface area (Å²) in [7, 11) is 0. The summed E-state index contributed by atoms with van der Waals surface area (Å²) < 4.78 is 5.86. The summed E-state index contributed by atoms with van der Waals surface area (Å²) in [6, 6.07) is -0.747. The zero-order chi connectivity index (χ0) is 45.9. The second kappa shape index (κ2) is 49.0. The third-order valence-corrected chi connectivity index (χ3v) is 10.4. The molecule has 0 aliphatic carbocycles. The maximum absolute atomic E-state index is 13.2. The summed E-state index contributed by atoms with van der Waals surface area (Å²) in [4.78, 5) is 26.1. The average molecular weight is 870 g/mol. The van der Waals surface area contributed by atoms with Gasteiger partial charge in [0.15, 0.2) is 0 Å². The van der Waals surface area contributed by atoms with Crippen LogP contribution in [-0.2, 0) is 14.3 Å². The largest absolute Gasteiger partial charge is 0.462 e. The quantitative estimate of drug-likeness (QED) is 0.0246. The van der Waals surface area contributed by atoms with E-state index in [1.165, 1.54) is 57.8 Å². The van der Waals surface area contributed by atoms with Crippen LogP contribution >= 0.6 is 0 Å². The fourth-order valence-corrected chi connectivity index (χ4v) is 6.68. The summed E-state index contributed by atoms with van der Waals surface area (Å²) in [6.45, 7) is 6.16. The van der Waals surface area contributed by atoms with Crippen molar-refractivity contribution in [2.24, 2.45) is 0 Å². The van der Waals surface area contributed by atoms with Gasteiger partial charge in [0.2, 0.25) is 5.91 Å². The van der Waals surface area contributed by atoms with Gasteiger partial charge in [0.05, 0.1) is 25.2 Å². The van der Waals surface area contributed by atoms with Gasteiger partial charge in [-0.25, -0.2) is 0 Å². The van der Waals surface area contributed by atoms with E-state index < -0.39 is 18.2 Å². The van der Waals surface area contributed by atoms with Crippen LogP contribution in [0.5, 0.6) is 0 Å². The van der Waals surface area contributed by atoms with Gasteiger partial charge in [0.25, 0.3) is 0 Å². The molecule has 0 spiro atoms. The van der Waals surface area contributed by atoms with Gasteiger partial charge in [-0.2, -0.15) is 0 Å². The van der Waals surface area contributed by atoms with Crippen LogP contribution in [0.2, 0.25) is 0 Å². The van der Waals surface area contributed by atoms with Gasteiger partial charge in [-0.05, 0) is 77.0 Å². The molecule has 0 aromatic carbocycles. The van der Waals surface area contributed by atoms with Crippen LogP contribution in [0.4, 0.5) is 0 Å². The van der Waals surface area contributed by atoms with Crippen LogP contribution in [0, 0.1) is 0 Å². The Bertz CT molecular complexity index is 1390. The number of allylic oxidation sites excluding steroid dienone is 22. The van der Waals surface area contributed by atoms with Gasteiger partial charge in [-0.15, -0.1) is 0 Å². The van der Waals surface area contributed by atoms with Crippen LogP contribution in [0.1, 0.15) is 188 Å². The molecule has 3 unspecified atom stereocenters. The molecule has 0 rings (SSSR count). The van der Waals surface area contributed by atoms with E-state index in [0.717, 1.165) is 77.0 Å². The molecular weight excluding hydrogens is 779 g/mol. The summed E-state index contributed by atoms with van der Waals surface area (Å²) in [6.07, 6.45) is 69.4. The second-order valence-electron chi connectivity index (χ2n) is 16.3. The van der Waals surface area contributed by atoms with Gasteiger partial charge in [-0.3, -0.25) is 9.59 Å². The number of nitrogens with one attached hydrogen (secondary N) is 1. The molecule has 0 aromatic heterocycles. The highest BCUT2D eigenvalue weighted by molar-refractivity contribution is 5.77. The maximum Gasteiger partial charge on any atom is 0.306 e. The highest BCUT2D eigenvalue weighted by Gasteiger charge is 2.23. The van der Waals surface area contributed by atoms with E-state index in [9.17, 15) is 19.8 Å². The molecule has 3 N–H and O–H groups in total. The average Bonchev–Trinajstić information content (AvgIpc) is 3.28. The van der Waals surface area contributed by atoms with E-state index in [4.69, 9.17) is 4.74 Å². The molecule has 3 atom stereocenters. The Morgan fingerprint density at radius 1 is 0.492 bits per heavy atom. The molecular formula is C57H91NO5. The minimum atomic E-state index is -0.826. The molecule has 0 aliphatic heterocycles. The number of carbonyl (C=O) groups excluding carboxylic acids is 2. The fraction of sp³-hybridized carbons (Fsp3) is 0.579. The first-order valence-corrected chi connectivity index (χ1v) is 25.0. The molecule has 0 bridgehead atoms. The van der Waals surface area contributed by atoms with Gasteiger partial charge >= 0.3 is 5.97 Å². The molecule has 354 valence electrons. The predicted octanol–water partition coefficient (Wildman–Crippen LogP) is 15.1. The van der Waals surface area contributed by atoms with Crippen molar-refractivity contribution in [1.82, 2.24) is 5.32 Å². The second-order valence-corrected chi connectivity index (χ2v) is 16.3. The Hall–Kier alpha value is -4.00. The molecule has 0 aliphatic rings. The Kier molecular flexibility index (Phi) is 45.9. The third kappa shape index (κ3) is 44.4. The maximum atomic E-state index is 13.2. The van der Waals surface area contributed by atoms with Crippen LogP contribution in [0.15, 0.2) is 134 Å². The minimum Gasteiger partial charge on any atom is -0.462 e. The van der Waals surface area contributed by atoms with E-state index in [1.807, 2.05) is 60.8 Å². The van der Waals surface area contributed by atoms with E-state index in [2.05, 4.69) is 99.0 Å². The minimum absolute atomic E-state index is 0.00561. The number of aliphatic hydroxyl groups is 2. The number of hydrogen-bond acceptors (Lipinski definition) is 5. The van der Waals surface area contributed by atoms with Crippen molar-refractivity contribution in [2.45, 2.75) is 206 Å². The first-order chi connectivity index (χ1) is 31.0. The molecule has 1 amide bonds. The van der Waals surface area contributed by atoms with Crippen LogP contribution in [-0.4, -0.2) is 46.9 Å². The monoisotopic (exact) mass is 870 g/mol. The lowest BCUT2D eigenvalue weighted by atomic mass is 10.0. The Morgan fingerprint density at radius 3 is 1.44 bits per heavy atom. The summed E-state index contributed by atoms with van der Waals surface area (Å²) >= 11 is 0. The number of esters is 1. The lowest BCUT2D eigenvalue weighted by molar-refractivity contribution is -0.151. The van der Waals surface area contributed by atoms with Crippen molar-refractivity contribution in [3.05, 3.63) is 134 Å². The molecule has 6 nitrogen and oxygen atoms in total. The standard InChI is InChI=1S/C57H91NO5/c1-4-7-10-13-16-19-22-25-27-28-30-32-35-38-41-44-47-50-57(62)63-53(48-45-42-39-36-33-31-29-26-23-20-17-14-11-8-5-2)51-56(61)58-54(52-59)55(60)49-46-43-40-37-34-24-21-18-15-12-9-6-3/h7-8,10-11,14,16-17,19-20,23,25-27,29-33,36,38-39,41,53-55,59-60H,4-6,9,12-13,15,18,21-22,24,28,34-35,37,40,42-52H2,1-3H3,(H,58,61)/b10-7-,11-8-,17-14+,19-16-,23-20+,27-25-,29-26-,32-30-,33-31+,39-36+,41-38-. The summed E-state index contributed by atoms with van der Waals surface area (Å²) in [5.74, 6) is -0.635. The molecule has 0 heterocycles. The van der Waals surface area contributed by atoms with Crippen LogP contribution in [0.3, 0.4) is 0 Å². The number of hydrogen-bond donors (Lipinski definition) is 3. The SMILES string of the molecule is CC\C=C/C=C/C=C/C=C\C=C\C=C\CCCC(CC(=O)NC(CO)C(O)CCCCCCCCCCCCCC)OC(=O)CCC/C=C\C/C=C\C/C=C\C/C=C\C/C=C\CC. The first-order valence-electron chi connectivity index (χ1n) is 25.0. The molecule has 63 heavy (non-hydrogen) atoms. The van der Waals surface area contributed by atoms with Crippen molar-refractivity contribution in [3.63, 3.8) is 0 Å².